The summed E-state index contributed by atoms with van der Waals surface area (Å²) in [5.41, 5.74) is 0.553. The van der Waals surface area contributed by atoms with Crippen LogP contribution in [0.1, 0.15) is 18.5 Å². The second-order valence-corrected chi connectivity index (χ2v) is 7.45. The van der Waals surface area contributed by atoms with E-state index in [1.807, 2.05) is 11.8 Å². The van der Waals surface area contributed by atoms with Gasteiger partial charge >= 0.3 is 0 Å². The Morgan fingerprint density at radius 1 is 1.24 bits per heavy atom. The summed E-state index contributed by atoms with van der Waals surface area (Å²) in [6.45, 7) is 6.02. The number of anilines is 1. The van der Waals surface area contributed by atoms with Gasteiger partial charge in [0.05, 0.1) is 13.2 Å². The number of fused-ring (bicyclic) bond motifs is 1. The number of morpholine rings is 1. The number of nitrogens with zero attached hydrogens (tertiary/aromatic N) is 5. The quantitative estimate of drug-likeness (QED) is 0.775. The van der Waals surface area contributed by atoms with Crippen LogP contribution in [0.2, 0.25) is 0 Å². The van der Waals surface area contributed by atoms with Gasteiger partial charge in [0.2, 0.25) is 16.0 Å². The topological polar surface area (TPSA) is 80.0 Å². The van der Waals surface area contributed by atoms with Crippen LogP contribution in [0.3, 0.4) is 0 Å². The predicted octanol–water partition coefficient (Wildman–Crippen LogP) is 0.535. The van der Waals surface area contributed by atoms with Gasteiger partial charge in [0.25, 0.3) is 5.56 Å². The molecule has 0 aliphatic carbocycles. The monoisotopic (exact) mass is 363 g/mol. The van der Waals surface area contributed by atoms with E-state index < -0.39 is 0 Å². The van der Waals surface area contributed by atoms with Gasteiger partial charge in [-0.2, -0.15) is 4.52 Å². The molecule has 2 aliphatic heterocycles. The molecular formula is C16H21N5O3S. The van der Waals surface area contributed by atoms with Crippen molar-refractivity contribution in [3.8, 4) is 0 Å². The van der Waals surface area contributed by atoms with Gasteiger partial charge in [-0.3, -0.25) is 9.59 Å². The molecule has 2 aliphatic rings. The molecule has 0 atom stereocenters. The fourth-order valence-corrected chi connectivity index (χ4v) is 4.40. The zero-order valence-electron chi connectivity index (χ0n) is 14.2. The zero-order valence-corrected chi connectivity index (χ0v) is 15.0. The standard InChI is InChI=1S/C16H21N5O3S/c1-11-10-13(22)21-15(17-11)25-16(18-21)20-4-2-12(3-5-20)14(23)19-6-8-24-9-7-19/h10,12H,2-9H2,1H3. The first-order chi connectivity index (χ1) is 12.1. The van der Waals surface area contributed by atoms with Crippen LogP contribution < -0.4 is 10.5 Å². The van der Waals surface area contributed by atoms with E-state index >= 15 is 0 Å². The maximum absolute atomic E-state index is 12.6. The van der Waals surface area contributed by atoms with E-state index in [0.717, 1.165) is 31.1 Å². The first-order valence-electron chi connectivity index (χ1n) is 8.61. The van der Waals surface area contributed by atoms with Crippen molar-refractivity contribution in [2.45, 2.75) is 19.8 Å². The molecule has 25 heavy (non-hydrogen) atoms. The first-order valence-corrected chi connectivity index (χ1v) is 9.42. The lowest BCUT2D eigenvalue weighted by molar-refractivity contribution is -0.140. The van der Waals surface area contributed by atoms with Crippen LogP contribution in [0, 0.1) is 12.8 Å². The maximum atomic E-state index is 12.6. The fourth-order valence-electron chi connectivity index (χ4n) is 3.40. The van der Waals surface area contributed by atoms with E-state index in [-0.39, 0.29) is 17.4 Å². The fraction of sp³-hybridized carbons (Fsp3) is 0.625. The summed E-state index contributed by atoms with van der Waals surface area (Å²) >= 11 is 1.42. The molecule has 0 radical (unpaired) electrons. The summed E-state index contributed by atoms with van der Waals surface area (Å²) in [6, 6.07) is 1.49. The Bertz CT molecular complexity index is 834. The molecule has 0 saturated carbocycles. The van der Waals surface area contributed by atoms with Crippen LogP contribution >= 0.6 is 11.3 Å². The van der Waals surface area contributed by atoms with Crippen LogP contribution in [0.4, 0.5) is 5.13 Å². The van der Waals surface area contributed by atoms with E-state index in [9.17, 15) is 9.59 Å². The minimum absolute atomic E-state index is 0.0758. The van der Waals surface area contributed by atoms with Gasteiger partial charge in [0, 0.05) is 43.9 Å². The average molecular weight is 363 g/mol. The van der Waals surface area contributed by atoms with Crippen LogP contribution in [-0.2, 0) is 9.53 Å². The molecule has 2 aromatic heterocycles. The normalized spacial score (nSPS) is 19.6. The summed E-state index contributed by atoms with van der Waals surface area (Å²) in [5.74, 6) is 0.326. The van der Waals surface area contributed by atoms with E-state index in [1.165, 1.54) is 21.9 Å². The number of amides is 1. The molecule has 134 valence electrons. The van der Waals surface area contributed by atoms with Crippen molar-refractivity contribution in [3.05, 3.63) is 22.1 Å². The minimum atomic E-state index is -0.151. The van der Waals surface area contributed by atoms with Crippen LogP contribution in [-0.4, -0.2) is 64.8 Å². The molecule has 2 saturated heterocycles. The largest absolute Gasteiger partial charge is 0.378 e. The number of aryl methyl sites for hydroxylation is 1. The summed E-state index contributed by atoms with van der Waals surface area (Å²) in [7, 11) is 0. The van der Waals surface area contributed by atoms with Gasteiger partial charge in [0.1, 0.15) is 0 Å². The number of hydrogen-bond acceptors (Lipinski definition) is 7. The SMILES string of the molecule is Cc1cc(=O)n2nc(N3CCC(C(=O)N4CCOCC4)CC3)sc2n1. The number of carbonyl (C=O) groups is 1. The van der Waals surface area contributed by atoms with Crippen molar-refractivity contribution in [3.63, 3.8) is 0 Å². The summed E-state index contributed by atoms with van der Waals surface area (Å²) < 4.78 is 6.68. The molecular weight excluding hydrogens is 342 g/mol. The van der Waals surface area contributed by atoms with Gasteiger partial charge < -0.3 is 14.5 Å². The molecule has 8 nitrogen and oxygen atoms in total. The summed E-state index contributed by atoms with van der Waals surface area (Å²) in [4.78, 5) is 33.7. The Morgan fingerprint density at radius 3 is 2.68 bits per heavy atom. The minimum Gasteiger partial charge on any atom is -0.378 e. The number of hydrogen-bond donors (Lipinski definition) is 0. The van der Waals surface area contributed by atoms with Gasteiger partial charge in [0.15, 0.2) is 0 Å². The smallest absolute Gasteiger partial charge is 0.275 e. The van der Waals surface area contributed by atoms with Crippen molar-refractivity contribution in [2.24, 2.45) is 5.92 Å². The van der Waals surface area contributed by atoms with E-state index in [2.05, 4.69) is 15.0 Å². The summed E-state index contributed by atoms with van der Waals surface area (Å²) in [6.07, 6.45) is 1.63. The van der Waals surface area contributed by atoms with Gasteiger partial charge in [-0.1, -0.05) is 11.3 Å². The Morgan fingerprint density at radius 2 is 1.96 bits per heavy atom. The van der Waals surface area contributed by atoms with Crippen molar-refractivity contribution in [2.75, 3.05) is 44.3 Å². The maximum Gasteiger partial charge on any atom is 0.275 e. The number of rotatable bonds is 2. The molecule has 0 bridgehead atoms. The molecule has 1 amide bonds. The third-order valence-corrected chi connectivity index (χ3v) is 5.77. The Kier molecular flexibility index (Phi) is 4.43. The molecule has 0 spiro atoms. The van der Waals surface area contributed by atoms with Gasteiger partial charge in [-0.05, 0) is 19.8 Å². The Labute approximate surface area is 149 Å². The second kappa shape index (κ2) is 6.72. The number of carbonyl (C=O) groups excluding carboxylic acids is 1. The van der Waals surface area contributed by atoms with Crippen molar-refractivity contribution >= 4 is 27.3 Å². The molecule has 0 unspecified atom stereocenters. The Hall–Kier alpha value is -2.00. The number of ether oxygens (including phenoxy) is 1. The van der Waals surface area contributed by atoms with E-state index in [4.69, 9.17) is 4.74 Å². The van der Waals surface area contributed by atoms with Crippen LogP contribution in [0.15, 0.2) is 10.9 Å². The van der Waals surface area contributed by atoms with Crippen LogP contribution in [0.5, 0.6) is 0 Å². The van der Waals surface area contributed by atoms with Gasteiger partial charge in [-0.15, -0.1) is 5.10 Å². The first kappa shape index (κ1) is 16.5. The lowest BCUT2D eigenvalue weighted by Crippen LogP contribution is -2.46. The number of piperidine rings is 1. The lowest BCUT2D eigenvalue weighted by atomic mass is 9.95. The molecule has 0 N–H and O–H groups in total. The lowest BCUT2D eigenvalue weighted by Gasteiger charge is -2.35. The van der Waals surface area contributed by atoms with Crippen molar-refractivity contribution in [1.82, 2.24) is 19.5 Å². The zero-order chi connectivity index (χ0) is 17.4. The van der Waals surface area contributed by atoms with E-state index in [1.54, 1.807) is 0 Å². The number of aromatic nitrogens is 3. The third kappa shape index (κ3) is 3.25. The highest BCUT2D eigenvalue weighted by molar-refractivity contribution is 7.20. The highest BCUT2D eigenvalue weighted by Gasteiger charge is 2.30. The molecule has 0 aromatic carbocycles. The molecule has 4 heterocycles. The average Bonchev–Trinajstić information content (AvgIpc) is 3.06. The van der Waals surface area contributed by atoms with Crippen LogP contribution in [0.25, 0.3) is 4.96 Å². The molecule has 9 heteroatoms. The van der Waals surface area contributed by atoms with E-state index in [0.29, 0.717) is 37.0 Å². The Balaban J connectivity index is 1.44. The van der Waals surface area contributed by atoms with Crippen molar-refractivity contribution in [1.29, 1.82) is 0 Å². The highest BCUT2D eigenvalue weighted by Crippen LogP contribution is 2.27. The highest BCUT2D eigenvalue weighted by atomic mass is 32.1. The van der Waals surface area contributed by atoms with Crippen molar-refractivity contribution < 1.29 is 9.53 Å². The predicted molar refractivity (Wildman–Crippen MR) is 94.2 cm³/mol. The summed E-state index contributed by atoms with van der Waals surface area (Å²) in [5, 5.41) is 5.21. The molecule has 4 rings (SSSR count). The molecule has 2 fully saturated rings. The third-order valence-electron chi connectivity index (χ3n) is 4.80. The second-order valence-electron chi connectivity index (χ2n) is 6.51. The van der Waals surface area contributed by atoms with Gasteiger partial charge in [-0.25, -0.2) is 4.98 Å². The molecule has 2 aromatic rings.